The van der Waals surface area contributed by atoms with Crippen molar-refractivity contribution in [1.82, 2.24) is 0 Å². The molecule has 2 aromatic rings. The Balaban J connectivity index is 2.67. The van der Waals surface area contributed by atoms with Gasteiger partial charge in [0.25, 0.3) is 0 Å². The van der Waals surface area contributed by atoms with Gasteiger partial charge >= 0.3 is 5.97 Å². The van der Waals surface area contributed by atoms with Crippen molar-refractivity contribution >= 4 is 12.3 Å². The summed E-state index contributed by atoms with van der Waals surface area (Å²) in [5.74, 6) is -1.09. The third kappa shape index (κ3) is 2.08. The molecule has 0 spiro atoms. The molecule has 0 amide bonds. The van der Waals surface area contributed by atoms with Gasteiger partial charge in [0, 0.05) is 5.56 Å². The minimum atomic E-state index is -1.09. The number of benzene rings is 2. The number of hydrogen-bond donors (Lipinski definition) is 1. The predicted octanol–water partition coefficient (Wildman–Crippen LogP) is 2.86. The molecule has 17 heavy (non-hydrogen) atoms. The molecule has 0 radical (unpaired) electrons. The summed E-state index contributed by atoms with van der Waals surface area (Å²) in [5, 5.41) is 9.01. The zero-order valence-corrected chi connectivity index (χ0v) is 8.96. The smallest absolute Gasteiger partial charge is 0.336 e. The van der Waals surface area contributed by atoms with Crippen molar-refractivity contribution in [2.24, 2.45) is 0 Å². The van der Waals surface area contributed by atoms with Gasteiger partial charge in [-0.15, -0.1) is 0 Å². The summed E-state index contributed by atoms with van der Waals surface area (Å²) in [6, 6.07) is 14.0. The SMILES string of the molecule is O=Cc1c(C(=O)O)cccc1-c1ccccc1. The van der Waals surface area contributed by atoms with E-state index in [4.69, 9.17) is 5.11 Å². The van der Waals surface area contributed by atoms with Gasteiger partial charge in [0.15, 0.2) is 6.29 Å². The summed E-state index contributed by atoms with van der Waals surface area (Å²) in [5.41, 5.74) is 1.71. The summed E-state index contributed by atoms with van der Waals surface area (Å²) >= 11 is 0. The molecule has 1 N–H and O–H groups in total. The van der Waals surface area contributed by atoms with Crippen molar-refractivity contribution in [2.75, 3.05) is 0 Å². The van der Waals surface area contributed by atoms with E-state index in [-0.39, 0.29) is 11.1 Å². The van der Waals surface area contributed by atoms with Gasteiger partial charge in [-0.05, 0) is 17.2 Å². The van der Waals surface area contributed by atoms with E-state index in [9.17, 15) is 9.59 Å². The summed E-state index contributed by atoms with van der Waals surface area (Å²) < 4.78 is 0. The average Bonchev–Trinajstić information content (AvgIpc) is 2.38. The Morgan fingerprint density at radius 1 is 1.00 bits per heavy atom. The number of aldehydes is 1. The van der Waals surface area contributed by atoms with Crippen LogP contribution in [-0.2, 0) is 0 Å². The average molecular weight is 226 g/mol. The van der Waals surface area contributed by atoms with Crippen LogP contribution in [0, 0.1) is 0 Å². The number of rotatable bonds is 3. The molecule has 3 heteroatoms. The van der Waals surface area contributed by atoms with Gasteiger partial charge in [-0.1, -0.05) is 42.5 Å². The summed E-state index contributed by atoms with van der Waals surface area (Å²) in [4.78, 5) is 22.1. The molecule has 0 saturated heterocycles. The first kappa shape index (κ1) is 11.1. The van der Waals surface area contributed by atoms with Gasteiger partial charge < -0.3 is 5.11 Å². The van der Waals surface area contributed by atoms with Gasteiger partial charge in [0.1, 0.15) is 0 Å². The molecule has 0 aliphatic heterocycles. The van der Waals surface area contributed by atoms with E-state index in [0.717, 1.165) is 5.56 Å². The minimum Gasteiger partial charge on any atom is -0.478 e. The fraction of sp³-hybridized carbons (Fsp3) is 0. The number of aromatic carboxylic acids is 1. The van der Waals surface area contributed by atoms with E-state index in [1.807, 2.05) is 30.3 Å². The molecule has 0 aromatic heterocycles. The molecule has 0 saturated carbocycles. The van der Waals surface area contributed by atoms with E-state index in [0.29, 0.717) is 11.8 Å². The Kier molecular flexibility index (Phi) is 3.01. The van der Waals surface area contributed by atoms with Crippen molar-refractivity contribution in [2.45, 2.75) is 0 Å². The lowest BCUT2D eigenvalue weighted by Crippen LogP contribution is -2.03. The first-order valence-electron chi connectivity index (χ1n) is 5.11. The van der Waals surface area contributed by atoms with Crippen molar-refractivity contribution in [3.63, 3.8) is 0 Å². The lowest BCUT2D eigenvalue weighted by Gasteiger charge is -2.07. The Hall–Kier alpha value is -2.42. The van der Waals surface area contributed by atoms with Crippen LogP contribution in [-0.4, -0.2) is 17.4 Å². The third-order valence-corrected chi connectivity index (χ3v) is 2.54. The predicted molar refractivity (Wildman–Crippen MR) is 64.2 cm³/mol. The highest BCUT2D eigenvalue weighted by molar-refractivity contribution is 6.01. The molecule has 0 aliphatic rings. The Morgan fingerprint density at radius 3 is 2.29 bits per heavy atom. The molecule has 0 atom stereocenters. The highest BCUT2D eigenvalue weighted by Gasteiger charge is 2.13. The van der Waals surface area contributed by atoms with Crippen molar-refractivity contribution in [3.05, 3.63) is 59.7 Å². The normalized spacial score (nSPS) is 9.88. The fourth-order valence-corrected chi connectivity index (χ4v) is 1.75. The van der Waals surface area contributed by atoms with E-state index in [2.05, 4.69) is 0 Å². The van der Waals surface area contributed by atoms with Gasteiger partial charge in [-0.25, -0.2) is 4.79 Å². The Morgan fingerprint density at radius 2 is 1.71 bits per heavy atom. The maximum absolute atomic E-state index is 11.1. The van der Waals surface area contributed by atoms with Crippen molar-refractivity contribution in [3.8, 4) is 11.1 Å². The van der Waals surface area contributed by atoms with E-state index in [1.165, 1.54) is 6.07 Å². The van der Waals surface area contributed by atoms with E-state index >= 15 is 0 Å². The third-order valence-electron chi connectivity index (χ3n) is 2.54. The second-order valence-corrected chi connectivity index (χ2v) is 3.56. The highest BCUT2D eigenvalue weighted by atomic mass is 16.4. The molecule has 0 bridgehead atoms. The largest absolute Gasteiger partial charge is 0.478 e. The maximum Gasteiger partial charge on any atom is 0.336 e. The highest BCUT2D eigenvalue weighted by Crippen LogP contribution is 2.24. The number of carboxylic acids is 1. The quantitative estimate of drug-likeness (QED) is 0.819. The zero-order chi connectivity index (χ0) is 12.3. The number of carbonyl (C=O) groups is 2. The van der Waals surface area contributed by atoms with Gasteiger partial charge in [0.2, 0.25) is 0 Å². The van der Waals surface area contributed by atoms with Gasteiger partial charge in [-0.3, -0.25) is 4.79 Å². The van der Waals surface area contributed by atoms with Crippen LogP contribution in [0.1, 0.15) is 20.7 Å². The van der Waals surface area contributed by atoms with Crippen LogP contribution in [0.2, 0.25) is 0 Å². The zero-order valence-electron chi connectivity index (χ0n) is 8.96. The molecular formula is C14H10O3. The van der Waals surface area contributed by atoms with Crippen LogP contribution in [0.15, 0.2) is 48.5 Å². The van der Waals surface area contributed by atoms with Crippen LogP contribution < -0.4 is 0 Å². The number of carboxylic acid groups (broad SMARTS) is 1. The van der Waals surface area contributed by atoms with Gasteiger partial charge in [0.05, 0.1) is 5.56 Å². The summed E-state index contributed by atoms with van der Waals surface area (Å²) in [6.07, 6.45) is 0.589. The fourth-order valence-electron chi connectivity index (χ4n) is 1.75. The molecule has 2 rings (SSSR count). The number of hydrogen-bond acceptors (Lipinski definition) is 2. The Labute approximate surface area is 98.3 Å². The van der Waals surface area contributed by atoms with Crippen molar-refractivity contribution in [1.29, 1.82) is 0 Å². The number of carbonyl (C=O) groups excluding carboxylic acids is 1. The summed E-state index contributed by atoms with van der Waals surface area (Å²) in [7, 11) is 0. The van der Waals surface area contributed by atoms with Crippen LogP contribution in [0.5, 0.6) is 0 Å². The van der Waals surface area contributed by atoms with Gasteiger partial charge in [-0.2, -0.15) is 0 Å². The lowest BCUT2D eigenvalue weighted by molar-refractivity contribution is 0.0694. The van der Waals surface area contributed by atoms with Crippen LogP contribution >= 0.6 is 0 Å². The van der Waals surface area contributed by atoms with E-state index < -0.39 is 5.97 Å². The second kappa shape index (κ2) is 4.61. The lowest BCUT2D eigenvalue weighted by atomic mass is 9.96. The van der Waals surface area contributed by atoms with Crippen LogP contribution in [0.25, 0.3) is 11.1 Å². The maximum atomic E-state index is 11.1. The Bertz CT molecular complexity index is 559. The second-order valence-electron chi connectivity index (χ2n) is 3.56. The molecular weight excluding hydrogens is 216 g/mol. The molecule has 2 aromatic carbocycles. The van der Waals surface area contributed by atoms with Crippen LogP contribution in [0.4, 0.5) is 0 Å². The molecule has 0 unspecified atom stereocenters. The molecule has 84 valence electrons. The molecule has 0 heterocycles. The molecule has 3 nitrogen and oxygen atoms in total. The molecule has 0 aliphatic carbocycles. The minimum absolute atomic E-state index is 0.0290. The summed E-state index contributed by atoms with van der Waals surface area (Å²) in [6.45, 7) is 0. The topological polar surface area (TPSA) is 54.4 Å². The van der Waals surface area contributed by atoms with Crippen molar-refractivity contribution < 1.29 is 14.7 Å². The first-order valence-corrected chi connectivity index (χ1v) is 5.11. The standard InChI is InChI=1S/C14H10O3/c15-9-13-11(10-5-2-1-3-6-10)7-4-8-12(13)14(16)17/h1-9H,(H,16,17). The first-order chi connectivity index (χ1) is 8.24. The molecule has 0 fully saturated rings. The van der Waals surface area contributed by atoms with E-state index in [1.54, 1.807) is 12.1 Å². The van der Waals surface area contributed by atoms with Crippen LogP contribution in [0.3, 0.4) is 0 Å². The monoisotopic (exact) mass is 226 g/mol.